The maximum atomic E-state index is 12.2. The summed E-state index contributed by atoms with van der Waals surface area (Å²) >= 11 is 1.24. The Morgan fingerprint density at radius 1 is 1.47 bits per heavy atom. The summed E-state index contributed by atoms with van der Waals surface area (Å²) in [7, 11) is 0. The van der Waals surface area contributed by atoms with Crippen molar-refractivity contribution in [2.75, 3.05) is 6.61 Å². The molecule has 0 N–H and O–H groups in total. The number of hydrogen-bond acceptors (Lipinski definition) is 5. The van der Waals surface area contributed by atoms with E-state index in [1.807, 2.05) is 13.0 Å². The molecule has 0 amide bonds. The predicted molar refractivity (Wildman–Crippen MR) is 72.4 cm³/mol. The number of aromatic nitrogens is 1. The van der Waals surface area contributed by atoms with Gasteiger partial charge in [0.1, 0.15) is 11.7 Å². The van der Waals surface area contributed by atoms with Gasteiger partial charge in [-0.05, 0) is 24.6 Å². The van der Waals surface area contributed by atoms with E-state index in [0.29, 0.717) is 17.0 Å². The second-order valence-corrected chi connectivity index (χ2v) is 4.68. The van der Waals surface area contributed by atoms with Crippen molar-refractivity contribution in [1.29, 1.82) is 5.26 Å². The average molecular weight is 272 g/mol. The number of nitriles is 1. The van der Waals surface area contributed by atoms with Crippen LogP contribution in [0.3, 0.4) is 0 Å². The molecule has 1 aromatic carbocycles. The molecular formula is C14H12N2O2S. The summed E-state index contributed by atoms with van der Waals surface area (Å²) in [4.78, 5) is 16.5. The highest BCUT2D eigenvalue weighted by Gasteiger charge is 2.22. The fourth-order valence-electron chi connectivity index (χ4n) is 1.69. The summed E-state index contributed by atoms with van der Waals surface area (Å²) in [5.74, 6) is -0.279. The first-order valence-electron chi connectivity index (χ1n) is 5.81. The van der Waals surface area contributed by atoms with Crippen LogP contribution in [0.2, 0.25) is 0 Å². The van der Waals surface area contributed by atoms with Gasteiger partial charge in [0.25, 0.3) is 0 Å². The van der Waals surface area contributed by atoms with Crippen molar-refractivity contribution in [1.82, 2.24) is 4.98 Å². The van der Waals surface area contributed by atoms with Gasteiger partial charge in [0.05, 0.1) is 23.1 Å². The number of nitrogens with zero attached hydrogens (tertiary/aromatic N) is 2. The van der Waals surface area contributed by atoms with Crippen molar-refractivity contribution in [2.24, 2.45) is 0 Å². The molecule has 2 rings (SSSR count). The maximum absolute atomic E-state index is 12.2. The minimum absolute atomic E-state index is 0.214. The van der Waals surface area contributed by atoms with Crippen molar-refractivity contribution in [3.8, 4) is 11.8 Å². The first-order valence-corrected chi connectivity index (χ1v) is 6.69. The summed E-state index contributed by atoms with van der Waals surface area (Å²) in [6.45, 7) is 2.49. The molecule has 19 heavy (non-hydrogen) atoms. The Bertz CT molecular complexity index is 585. The van der Waals surface area contributed by atoms with Crippen molar-refractivity contribution < 1.29 is 9.53 Å². The van der Waals surface area contributed by atoms with Gasteiger partial charge in [-0.3, -0.25) is 9.78 Å². The molecule has 0 bridgehead atoms. The third-order valence-electron chi connectivity index (χ3n) is 2.59. The first kappa shape index (κ1) is 13.2. The molecule has 1 atom stereocenters. The van der Waals surface area contributed by atoms with Gasteiger partial charge < -0.3 is 4.74 Å². The van der Waals surface area contributed by atoms with E-state index in [0.717, 1.165) is 5.75 Å². The summed E-state index contributed by atoms with van der Waals surface area (Å²) in [5, 5.41) is 9.20. The number of rotatable bonds is 5. The van der Waals surface area contributed by atoms with Crippen molar-refractivity contribution in [3.05, 3.63) is 46.4 Å². The molecule has 1 aromatic heterocycles. The van der Waals surface area contributed by atoms with Gasteiger partial charge in [-0.15, -0.1) is 11.3 Å². The zero-order valence-electron chi connectivity index (χ0n) is 10.4. The molecule has 0 aliphatic rings. The van der Waals surface area contributed by atoms with Gasteiger partial charge in [-0.1, -0.05) is 12.1 Å². The SMILES string of the molecule is CCOc1ccc(C(C#N)C(=O)c2cncs2)cc1. The van der Waals surface area contributed by atoms with Crippen LogP contribution in [0.15, 0.2) is 36.0 Å². The van der Waals surface area contributed by atoms with Gasteiger partial charge in [-0.25, -0.2) is 0 Å². The molecule has 2 aromatic rings. The molecule has 0 saturated carbocycles. The topological polar surface area (TPSA) is 63.0 Å². The maximum Gasteiger partial charge on any atom is 0.195 e. The molecule has 0 saturated heterocycles. The molecule has 1 unspecified atom stereocenters. The smallest absolute Gasteiger partial charge is 0.195 e. The quantitative estimate of drug-likeness (QED) is 0.785. The molecule has 0 radical (unpaired) electrons. The van der Waals surface area contributed by atoms with E-state index in [2.05, 4.69) is 4.98 Å². The van der Waals surface area contributed by atoms with Gasteiger partial charge in [0, 0.05) is 6.20 Å². The van der Waals surface area contributed by atoms with Crippen molar-refractivity contribution >= 4 is 17.1 Å². The van der Waals surface area contributed by atoms with Gasteiger partial charge in [-0.2, -0.15) is 5.26 Å². The minimum atomic E-state index is -0.795. The second-order valence-electron chi connectivity index (χ2n) is 3.79. The summed E-state index contributed by atoms with van der Waals surface area (Å²) in [5.41, 5.74) is 2.25. The molecule has 0 fully saturated rings. The second kappa shape index (κ2) is 6.12. The third kappa shape index (κ3) is 2.98. The number of ketones is 1. The Labute approximate surface area is 115 Å². The molecule has 1 heterocycles. The van der Waals surface area contributed by atoms with E-state index in [1.54, 1.807) is 29.8 Å². The van der Waals surface area contributed by atoms with E-state index >= 15 is 0 Å². The molecule has 5 heteroatoms. The normalized spacial score (nSPS) is 11.6. The zero-order valence-corrected chi connectivity index (χ0v) is 11.2. The van der Waals surface area contributed by atoms with Crippen LogP contribution in [-0.2, 0) is 0 Å². The molecule has 4 nitrogen and oxygen atoms in total. The zero-order chi connectivity index (χ0) is 13.7. The lowest BCUT2D eigenvalue weighted by Gasteiger charge is -2.08. The Kier molecular flexibility index (Phi) is 4.26. The number of ether oxygens (including phenoxy) is 1. The van der Waals surface area contributed by atoms with Crippen LogP contribution in [0.25, 0.3) is 0 Å². The lowest BCUT2D eigenvalue weighted by atomic mass is 9.95. The fraction of sp³-hybridized carbons (Fsp3) is 0.214. The fourth-order valence-corrected chi connectivity index (χ4v) is 2.28. The summed E-state index contributed by atoms with van der Waals surface area (Å²) < 4.78 is 5.33. The lowest BCUT2D eigenvalue weighted by Crippen LogP contribution is -2.09. The van der Waals surface area contributed by atoms with Gasteiger partial charge in [0.15, 0.2) is 5.78 Å². The third-order valence-corrected chi connectivity index (χ3v) is 3.38. The Morgan fingerprint density at radius 2 is 2.21 bits per heavy atom. The largest absolute Gasteiger partial charge is 0.494 e. The first-order chi connectivity index (χ1) is 9.26. The number of carbonyl (C=O) groups is 1. The lowest BCUT2D eigenvalue weighted by molar-refractivity contribution is 0.0982. The van der Waals surface area contributed by atoms with Gasteiger partial charge in [0.2, 0.25) is 0 Å². The Hall–Kier alpha value is -2.19. The van der Waals surface area contributed by atoms with Gasteiger partial charge >= 0.3 is 0 Å². The molecular weight excluding hydrogens is 260 g/mol. The minimum Gasteiger partial charge on any atom is -0.494 e. The Morgan fingerprint density at radius 3 is 2.74 bits per heavy atom. The van der Waals surface area contributed by atoms with E-state index in [4.69, 9.17) is 4.74 Å². The number of hydrogen-bond donors (Lipinski definition) is 0. The van der Waals surface area contributed by atoms with Crippen LogP contribution < -0.4 is 4.74 Å². The molecule has 0 spiro atoms. The number of Topliss-reactive ketones (excluding diaryl/α,β-unsaturated/α-hetero) is 1. The van der Waals surface area contributed by atoms with Crippen LogP contribution in [-0.4, -0.2) is 17.4 Å². The molecule has 96 valence electrons. The van der Waals surface area contributed by atoms with Crippen LogP contribution in [0.4, 0.5) is 0 Å². The molecule has 0 aliphatic heterocycles. The van der Waals surface area contributed by atoms with Crippen molar-refractivity contribution in [2.45, 2.75) is 12.8 Å². The highest BCUT2D eigenvalue weighted by Crippen LogP contribution is 2.24. The van der Waals surface area contributed by atoms with Crippen molar-refractivity contribution in [3.63, 3.8) is 0 Å². The van der Waals surface area contributed by atoms with Crippen LogP contribution in [0.1, 0.15) is 28.1 Å². The Balaban J connectivity index is 2.23. The highest BCUT2D eigenvalue weighted by atomic mass is 32.1. The number of carbonyl (C=O) groups excluding carboxylic acids is 1. The van der Waals surface area contributed by atoms with E-state index in [-0.39, 0.29) is 5.78 Å². The average Bonchev–Trinajstić information content (AvgIpc) is 2.96. The number of benzene rings is 1. The monoisotopic (exact) mass is 272 g/mol. The summed E-state index contributed by atoms with van der Waals surface area (Å²) in [6.07, 6.45) is 1.49. The predicted octanol–water partition coefficient (Wildman–Crippen LogP) is 3.03. The number of thiazole rings is 1. The highest BCUT2D eigenvalue weighted by molar-refractivity contribution is 7.11. The van der Waals surface area contributed by atoms with E-state index < -0.39 is 5.92 Å². The molecule has 0 aliphatic carbocycles. The standard InChI is InChI=1S/C14H12N2O2S/c1-2-18-11-5-3-10(4-6-11)12(7-15)14(17)13-8-16-9-19-13/h3-6,8-9,12H,2H2,1H3. The van der Waals surface area contributed by atoms with Crippen LogP contribution in [0.5, 0.6) is 5.75 Å². The van der Waals surface area contributed by atoms with Crippen LogP contribution in [0, 0.1) is 11.3 Å². The van der Waals surface area contributed by atoms with E-state index in [1.165, 1.54) is 17.5 Å². The van der Waals surface area contributed by atoms with Crippen LogP contribution >= 0.6 is 11.3 Å². The summed E-state index contributed by atoms with van der Waals surface area (Å²) in [6, 6.07) is 9.08. The van der Waals surface area contributed by atoms with E-state index in [9.17, 15) is 10.1 Å².